The van der Waals surface area contributed by atoms with E-state index in [1.807, 2.05) is 26.0 Å². The van der Waals surface area contributed by atoms with E-state index in [0.29, 0.717) is 5.71 Å². The van der Waals surface area contributed by atoms with Crippen molar-refractivity contribution in [1.82, 2.24) is 0 Å². The van der Waals surface area contributed by atoms with Gasteiger partial charge in [0.1, 0.15) is 0 Å². The Kier molecular flexibility index (Phi) is 4.69. The molecule has 0 saturated carbocycles. The first-order chi connectivity index (χ1) is 5.56. The van der Waals surface area contributed by atoms with Gasteiger partial charge in [-0.1, -0.05) is 17.7 Å². The number of nitrogens with two attached hydrogens (primary N) is 1. The van der Waals surface area contributed by atoms with Crippen LogP contribution >= 0.6 is 0 Å². The molecule has 3 nitrogen and oxygen atoms in total. The van der Waals surface area contributed by atoms with Crippen LogP contribution in [-0.2, 0) is 0 Å². The number of primary amides is 1. The molecule has 0 spiro atoms. The molecular weight excluding hydrogens is 152 g/mol. The fourth-order valence-electron chi connectivity index (χ4n) is 0.559. The van der Waals surface area contributed by atoms with Crippen molar-refractivity contribution in [1.29, 1.82) is 0 Å². The highest BCUT2D eigenvalue weighted by atomic mass is 16.2. The standard InChI is InChI=1S/C9H14N2O/c1-4-7(2)5-6-8(3)11-9(10)12/h4-6H,1-3H3,(H2,10,12)/b6-5-,7-4?,11-8?. The maximum atomic E-state index is 10.3. The van der Waals surface area contributed by atoms with E-state index in [9.17, 15) is 4.79 Å². The van der Waals surface area contributed by atoms with Gasteiger partial charge in [-0.05, 0) is 26.8 Å². The number of urea groups is 1. The summed E-state index contributed by atoms with van der Waals surface area (Å²) in [5, 5.41) is 0. The molecule has 0 unspecified atom stereocenters. The Morgan fingerprint density at radius 2 is 1.92 bits per heavy atom. The number of rotatable bonds is 2. The molecule has 2 amide bonds. The van der Waals surface area contributed by atoms with Crippen molar-refractivity contribution in [3.63, 3.8) is 0 Å². The molecule has 0 saturated heterocycles. The van der Waals surface area contributed by atoms with Crippen LogP contribution in [-0.4, -0.2) is 11.7 Å². The van der Waals surface area contributed by atoms with Gasteiger partial charge in [0.25, 0.3) is 0 Å². The minimum Gasteiger partial charge on any atom is -0.350 e. The van der Waals surface area contributed by atoms with Crippen LogP contribution in [0.3, 0.4) is 0 Å². The molecule has 0 aliphatic carbocycles. The fourth-order valence-corrected chi connectivity index (χ4v) is 0.559. The van der Waals surface area contributed by atoms with Crippen LogP contribution in [0, 0.1) is 0 Å². The van der Waals surface area contributed by atoms with Crippen molar-refractivity contribution in [2.24, 2.45) is 10.7 Å². The molecule has 0 rings (SSSR count). The largest absolute Gasteiger partial charge is 0.350 e. The molecule has 0 fully saturated rings. The molecule has 0 aliphatic heterocycles. The lowest BCUT2D eigenvalue weighted by molar-refractivity contribution is 0.257. The molecule has 12 heavy (non-hydrogen) atoms. The SMILES string of the molecule is CC=C(C)/C=C\C(C)=NC(N)=O. The average molecular weight is 166 g/mol. The van der Waals surface area contributed by atoms with Crippen LogP contribution in [0.1, 0.15) is 20.8 Å². The molecule has 0 heterocycles. The highest BCUT2D eigenvalue weighted by Gasteiger charge is 1.87. The first-order valence-electron chi connectivity index (χ1n) is 3.72. The molecular formula is C9H14N2O. The number of carbonyl (C=O) groups is 1. The van der Waals surface area contributed by atoms with Gasteiger partial charge in [0.2, 0.25) is 0 Å². The summed E-state index contributed by atoms with van der Waals surface area (Å²) >= 11 is 0. The molecule has 0 aromatic heterocycles. The Balaban J connectivity index is 4.27. The molecule has 0 atom stereocenters. The summed E-state index contributed by atoms with van der Waals surface area (Å²) in [4.78, 5) is 13.8. The van der Waals surface area contributed by atoms with Crippen molar-refractivity contribution in [2.75, 3.05) is 0 Å². The monoisotopic (exact) mass is 166 g/mol. The van der Waals surface area contributed by atoms with Gasteiger partial charge in [-0.15, -0.1) is 0 Å². The van der Waals surface area contributed by atoms with Gasteiger partial charge in [0.05, 0.1) is 0 Å². The van der Waals surface area contributed by atoms with Gasteiger partial charge in [-0.25, -0.2) is 4.79 Å². The van der Waals surface area contributed by atoms with E-state index in [4.69, 9.17) is 5.73 Å². The van der Waals surface area contributed by atoms with Crippen molar-refractivity contribution in [3.8, 4) is 0 Å². The lowest BCUT2D eigenvalue weighted by atomic mass is 10.2. The topological polar surface area (TPSA) is 55.4 Å². The van der Waals surface area contributed by atoms with E-state index >= 15 is 0 Å². The fraction of sp³-hybridized carbons (Fsp3) is 0.333. The molecule has 0 bridgehead atoms. The zero-order valence-electron chi connectivity index (χ0n) is 7.66. The molecule has 0 aromatic rings. The Hall–Kier alpha value is -1.38. The smallest absolute Gasteiger partial charge is 0.338 e. The second-order valence-corrected chi connectivity index (χ2v) is 2.46. The highest BCUT2D eigenvalue weighted by molar-refractivity contribution is 6.00. The van der Waals surface area contributed by atoms with Gasteiger partial charge >= 0.3 is 6.03 Å². The first-order valence-corrected chi connectivity index (χ1v) is 3.72. The summed E-state index contributed by atoms with van der Waals surface area (Å²) in [6.45, 7) is 5.64. The van der Waals surface area contributed by atoms with E-state index in [0.717, 1.165) is 5.57 Å². The lowest BCUT2D eigenvalue weighted by Crippen LogP contribution is -2.06. The lowest BCUT2D eigenvalue weighted by Gasteiger charge is -1.89. The third-order valence-electron chi connectivity index (χ3n) is 1.33. The molecule has 0 aromatic carbocycles. The van der Waals surface area contributed by atoms with E-state index in [1.54, 1.807) is 13.0 Å². The second-order valence-electron chi connectivity index (χ2n) is 2.46. The van der Waals surface area contributed by atoms with E-state index in [-0.39, 0.29) is 0 Å². The van der Waals surface area contributed by atoms with Gasteiger partial charge in [0.15, 0.2) is 0 Å². The van der Waals surface area contributed by atoms with Crippen LogP contribution in [0.25, 0.3) is 0 Å². The van der Waals surface area contributed by atoms with Gasteiger partial charge in [0, 0.05) is 5.71 Å². The minimum absolute atomic E-state index is 0.615. The van der Waals surface area contributed by atoms with Crippen LogP contribution in [0.2, 0.25) is 0 Å². The number of allylic oxidation sites excluding steroid dienone is 4. The molecule has 0 radical (unpaired) electrons. The Morgan fingerprint density at radius 1 is 1.33 bits per heavy atom. The van der Waals surface area contributed by atoms with E-state index < -0.39 is 6.03 Å². The Morgan fingerprint density at radius 3 is 2.33 bits per heavy atom. The first kappa shape index (κ1) is 10.6. The van der Waals surface area contributed by atoms with Gasteiger partial charge in [-0.2, -0.15) is 4.99 Å². The summed E-state index contributed by atoms with van der Waals surface area (Å²) in [5.41, 5.74) is 6.59. The number of aliphatic imine (C=N–C) groups is 1. The summed E-state index contributed by atoms with van der Waals surface area (Å²) in [7, 11) is 0. The second kappa shape index (κ2) is 5.29. The predicted molar refractivity (Wildman–Crippen MR) is 51.3 cm³/mol. The van der Waals surface area contributed by atoms with Crippen molar-refractivity contribution in [2.45, 2.75) is 20.8 Å². The maximum Gasteiger partial charge on any atom is 0.338 e. The van der Waals surface area contributed by atoms with Gasteiger partial charge in [-0.3, -0.25) is 0 Å². The van der Waals surface area contributed by atoms with Crippen LogP contribution in [0.15, 0.2) is 28.8 Å². The third kappa shape index (κ3) is 5.41. The minimum atomic E-state index is -0.657. The van der Waals surface area contributed by atoms with Crippen LogP contribution in [0.5, 0.6) is 0 Å². The van der Waals surface area contributed by atoms with Crippen molar-refractivity contribution < 1.29 is 4.79 Å². The molecule has 66 valence electrons. The molecule has 3 heteroatoms. The number of hydrogen-bond donors (Lipinski definition) is 1. The normalized spacial score (nSPS) is 13.9. The molecule has 2 N–H and O–H groups in total. The average Bonchev–Trinajstić information content (AvgIpc) is 1.99. The van der Waals surface area contributed by atoms with Crippen molar-refractivity contribution >= 4 is 11.7 Å². The van der Waals surface area contributed by atoms with Crippen LogP contribution < -0.4 is 5.73 Å². The quantitative estimate of drug-likeness (QED) is 0.495. The zero-order valence-corrected chi connectivity index (χ0v) is 7.66. The number of amides is 2. The third-order valence-corrected chi connectivity index (χ3v) is 1.33. The molecule has 0 aliphatic rings. The maximum absolute atomic E-state index is 10.3. The highest BCUT2D eigenvalue weighted by Crippen LogP contribution is 1.94. The summed E-state index contributed by atoms with van der Waals surface area (Å²) in [5.74, 6) is 0. The number of nitrogens with zero attached hydrogens (tertiary/aromatic N) is 1. The Bertz CT molecular complexity index is 249. The van der Waals surface area contributed by atoms with E-state index in [2.05, 4.69) is 4.99 Å². The van der Waals surface area contributed by atoms with Crippen molar-refractivity contribution in [3.05, 3.63) is 23.8 Å². The van der Waals surface area contributed by atoms with E-state index in [1.165, 1.54) is 0 Å². The summed E-state index contributed by atoms with van der Waals surface area (Å²) in [6, 6.07) is -0.657. The van der Waals surface area contributed by atoms with Gasteiger partial charge < -0.3 is 5.73 Å². The number of carbonyl (C=O) groups excluding carboxylic acids is 1. The number of hydrogen-bond acceptors (Lipinski definition) is 1. The Labute approximate surface area is 72.7 Å². The predicted octanol–water partition coefficient (Wildman–Crippen LogP) is 2.05. The summed E-state index contributed by atoms with van der Waals surface area (Å²) in [6.07, 6.45) is 5.59. The summed E-state index contributed by atoms with van der Waals surface area (Å²) < 4.78 is 0. The van der Waals surface area contributed by atoms with Crippen LogP contribution in [0.4, 0.5) is 4.79 Å². The zero-order chi connectivity index (χ0) is 9.56.